The summed E-state index contributed by atoms with van der Waals surface area (Å²) in [5, 5.41) is 12.8. The summed E-state index contributed by atoms with van der Waals surface area (Å²) in [6.07, 6.45) is 1.95. The summed E-state index contributed by atoms with van der Waals surface area (Å²) in [5.41, 5.74) is 4.97. The molecule has 1 aromatic heterocycles. The fourth-order valence-electron chi connectivity index (χ4n) is 1.72. The second-order valence-corrected chi connectivity index (χ2v) is 4.64. The number of aromatic nitrogens is 3. The number of hydrogen-bond acceptors (Lipinski definition) is 4. The van der Waals surface area contributed by atoms with Crippen LogP contribution in [0.3, 0.4) is 0 Å². The molecule has 17 heavy (non-hydrogen) atoms. The molecule has 2 heterocycles. The lowest BCUT2D eigenvalue weighted by atomic mass is 10.1. The summed E-state index contributed by atoms with van der Waals surface area (Å²) in [6, 6.07) is 7.87. The quantitative estimate of drug-likeness (QED) is 0.605. The van der Waals surface area contributed by atoms with E-state index in [2.05, 4.69) is 20.9 Å². The Kier molecular flexibility index (Phi) is 2.49. The molecule has 0 bridgehead atoms. The van der Waals surface area contributed by atoms with E-state index in [-0.39, 0.29) is 0 Å². The third kappa shape index (κ3) is 1.67. The summed E-state index contributed by atoms with van der Waals surface area (Å²) in [7, 11) is 0. The molecule has 0 atom stereocenters. The molecule has 2 aromatic rings. The van der Waals surface area contributed by atoms with Crippen LogP contribution in [0.4, 0.5) is 5.69 Å². The van der Waals surface area contributed by atoms with Gasteiger partial charge in [0.1, 0.15) is 0 Å². The van der Waals surface area contributed by atoms with Gasteiger partial charge in [0.25, 0.3) is 0 Å². The van der Waals surface area contributed by atoms with Gasteiger partial charge in [-0.05, 0) is 30.6 Å². The van der Waals surface area contributed by atoms with Gasteiger partial charge < -0.3 is 5.32 Å². The van der Waals surface area contributed by atoms with Crippen LogP contribution in [0.5, 0.6) is 0 Å². The minimum absolute atomic E-state index is 0.534. The first-order chi connectivity index (χ1) is 8.29. The summed E-state index contributed by atoms with van der Waals surface area (Å²) in [4.78, 5) is 0. The van der Waals surface area contributed by atoms with Gasteiger partial charge in [-0.3, -0.25) is 5.43 Å². The maximum Gasteiger partial charge on any atom is 0.210 e. The lowest BCUT2D eigenvalue weighted by molar-refractivity contribution is 0.842. The molecule has 7 heteroatoms. The molecule has 1 aliphatic heterocycles. The van der Waals surface area contributed by atoms with E-state index in [1.807, 2.05) is 30.5 Å². The zero-order valence-electron chi connectivity index (χ0n) is 8.97. The molecular formula is C10H9N5S2. The Hall–Kier alpha value is -1.60. The van der Waals surface area contributed by atoms with E-state index in [1.54, 1.807) is 4.68 Å². The molecule has 1 aromatic carbocycles. The highest BCUT2D eigenvalue weighted by Gasteiger charge is 2.20. The van der Waals surface area contributed by atoms with Gasteiger partial charge in [-0.2, -0.15) is 0 Å². The van der Waals surface area contributed by atoms with Crippen molar-refractivity contribution in [3.8, 4) is 11.4 Å². The van der Waals surface area contributed by atoms with Crippen molar-refractivity contribution >= 4 is 34.8 Å². The lowest BCUT2D eigenvalue weighted by Crippen LogP contribution is -2.26. The van der Waals surface area contributed by atoms with Gasteiger partial charge in [0.05, 0.1) is 5.69 Å². The van der Waals surface area contributed by atoms with E-state index in [0.717, 1.165) is 22.2 Å². The van der Waals surface area contributed by atoms with E-state index in [9.17, 15) is 0 Å². The molecule has 2 N–H and O–H groups in total. The van der Waals surface area contributed by atoms with Gasteiger partial charge in [-0.25, -0.2) is 4.68 Å². The maximum absolute atomic E-state index is 5.21. The predicted molar refractivity (Wildman–Crippen MR) is 72.8 cm³/mol. The summed E-state index contributed by atoms with van der Waals surface area (Å²) < 4.78 is 1.80. The zero-order valence-corrected chi connectivity index (χ0v) is 10.6. The van der Waals surface area contributed by atoms with E-state index >= 15 is 0 Å². The van der Waals surface area contributed by atoms with Crippen LogP contribution in [0.25, 0.3) is 11.4 Å². The number of fused-ring (bicyclic) bond motifs is 3. The van der Waals surface area contributed by atoms with E-state index in [1.165, 1.54) is 11.8 Å². The first kappa shape index (κ1) is 10.5. The second-order valence-electron chi connectivity index (χ2n) is 3.46. The third-order valence-corrected chi connectivity index (χ3v) is 3.27. The molecule has 0 unspecified atom stereocenters. The van der Waals surface area contributed by atoms with Crippen LogP contribution in [0.1, 0.15) is 0 Å². The average Bonchev–Trinajstić information content (AvgIpc) is 2.66. The number of thiocarbonyl (C=S) groups is 1. The Bertz CT molecular complexity index is 592. The van der Waals surface area contributed by atoms with E-state index in [0.29, 0.717) is 5.11 Å². The van der Waals surface area contributed by atoms with Crippen LogP contribution in [0.15, 0.2) is 29.4 Å². The van der Waals surface area contributed by atoms with Gasteiger partial charge in [-0.15, -0.1) is 10.2 Å². The summed E-state index contributed by atoms with van der Waals surface area (Å²) in [6.45, 7) is 0. The predicted octanol–water partition coefficient (Wildman–Crippen LogP) is 1.92. The number of nitrogens with one attached hydrogen (secondary N) is 2. The minimum Gasteiger partial charge on any atom is -0.331 e. The molecule has 0 saturated carbocycles. The molecule has 0 amide bonds. The number of anilines is 1. The molecule has 0 spiro atoms. The van der Waals surface area contributed by atoms with Crippen LogP contribution in [-0.2, 0) is 0 Å². The van der Waals surface area contributed by atoms with Crippen molar-refractivity contribution < 1.29 is 0 Å². The van der Waals surface area contributed by atoms with E-state index < -0.39 is 0 Å². The van der Waals surface area contributed by atoms with Crippen molar-refractivity contribution in [2.45, 2.75) is 5.16 Å². The van der Waals surface area contributed by atoms with Gasteiger partial charge in [0, 0.05) is 5.56 Å². The molecule has 0 aliphatic carbocycles. The average molecular weight is 263 g/mol. The van der Waals surface area contributed by atoms with Gasteiger partial charge in [-0.1, -0.05) is 23.9 Å². The van der Waals surface area contributed by atoms with Crippen molar-refractivity contribution in [2.75, 3.05) is 17.0 Å². The summed E-state index contributed by atoms with van der Waals surface area (Å²) >= 11 is 6.73. The number of benzene rings is 1. The number of thioether (sulfide) groups is 1. The van der Waals surface area contributed by atoms with Crippen LogP contribution >= 0.6 is 24.0 Å². The first-order valence-corrected chi connectivity index (χ1v) is 6.59. The van der Waals surface area contributed by atoms with Crippen LogP contribution in [0, 0.1) is 0 Å². The third-order valence-electron chi connectivity index (χ3n) is 2.45. The summed E-state index contributed by atoms with van der Waals surface area (Å²) in [5.74, 6) is 0.761. The van der Waals surface area contributed by atoms with Gasteiger partial charge in [0.15, 0.2) is 10.9 Å². The first-order valence-electron chi connectivity index (χ1n) is 4.96. The zero-order chi connectivity index (χ0) is 11.8. The fourth-order valence-corrected chi connectivity index (χ4v) is 2.35. The van der Waals surface area contributed by atoms with E-state index in [4.69, 9.17) is 12.2 Å². The molecular weight excluding hydrogens is 254 g/mol. The van der Waals surface area contributed by atoms with Crippen molar-refractivity contribution in [1.29, 1.82) is 0 Å². The second kappa shape index (κ2) is 4.01. The Morgan fingerprint density at radius 1 is 1.29 bits per heavy atom. The highest BCUT2D eigenvalue weighted by molar-refractivity contribution is 7.98. The number of para-hydroxylation sites is 1. The smallest absolute Gasteiger partial charge is 0.210 e. The molecule has 0 fully saturated rings. The number of nitrogens with zero attached hydrogens (tertiary/aromatic N) is 3. The number of rotatable bonds is 1. The standard InChI is InChI=1S/C10H9N5S2/c1-17-10-13-12-8-6-4-2-3-5-7(6)11-9(16)14-15(8)10/h2-5H,1H3,(H2,11,14,16). The largest absolute Gasteiger partial charge is 0.331 e. The van der Waals surface area contributed by atoms with Gasteiger partial charge in [0.2, 0.25) is 5.16 Å². The number of hydrogen-bond donors (Lipinski definition) is 2. The Balaban J connectivity index is 2.26. The fraction of sp³-hybridized carbons (Fsp3) is 0.100. The molecule has 0 radical (unpaired) electrons. The molecule has 1 aliphatic rings. The maximum atomic E-state index is 5.21. The molecule has 3 rings (SSSR count). The van der Waals surface area contributed by atoms with Crippen molar-refractivity contribution in [2.24, 2.45) is 0 Å². The van der Waals surface area contributed by atoms with Gasteiger partial charge >= 0.3 is 0 Å². The Labute approximate surface area is 108 Å². The molecule has 0 saturated heterocycles. The minimum atomic E-state index is 0.534. The van der Waals surface area contributed by atoms with Crippen LogP contribution < -0.4 is 10.7 Å². The highest BCUT2D eigenvalue weighted by atomic mass is 32.2. The van der Waals surface area contributed by atoms with Crippen molar-refractivity contribution in [3.05, 3.63) is 24.3 Å². The van der Waals surface area contributed by atoms with Crippen LogP contribution in [-0.4, -0.2) is 26.2 Å². The topological polar surface area (TPSA) is 54.8 Å². The lowest BCUT2D eigenvalue weighted by Gasteiger charge is -2.08. The van der Waals surface area contributed by atoms with Crippen molar-refractivity contribution in [3.63, 3.8) is 0 Å². The Morgan fingerprint density at radius 2 is 2.12 bits per heavy atom. The Morgan fingerprint density at radius 3 is 2.94 bits per heavy atom. The monoisotopic (exact) mass is 263 g/mol. The molecule has 86 valence electrons. The highest BCUT2D eigenvalue weighted by Crippen LogP contribution is 2.29. The molecule has 5 nitrogen and oxygen atoms in total. The van der Waals surface area contributed by atoms with Crippen molar-refractivity contribution in [1.82, 2.24) is 14.9 Å². The SMILES string of the molecule is CSc1nnc2n1NC(=S)Nc1ccccc1-2. The van der Waals surface area contributed by atoms with Crippen LogP contribution in [0.2, 0.25) is 0 Å². The normalized spacial score (nSPS) is 13.1.